The smallest absolute Gasteiger partial charge is 0.481 e. The summed E-state index contributed by atoms with van der Waals surface area (Å²) >= 11 is 0. The molecular weight excluding hydrogens is 317 g/mol. The molecule has 0 unspecified atom stereocenters. The number of carboxylic acids is 1. The second kappa shape index (κ2) is 8.37. The first kappa shape index (κ1) is 18.8. The maximum atomic E-state index is 12.0. The monoisotopic (exact) mass is 334 g/mol. The number of carbonyl (C=O) groups is 2. The van der Waals surface area contributed by atoms with Crippen LogP contribution in [-0.4, -0.2) is 35.9 Å². The number of aliphatic carboxylic acids is 1. The predicted octanol–water partition coefficient (Wildman–Crippen LogP) is 1.44. The average molecular weight is 334 g/mol. The van der Waals surface area contributed by atoms with Crippen molar-refractivity contribution < 1.29 is 32.6 Å². The number of nitrogens with one attached hydrogen (secondary N) is 1. The highest BCUT2D eigenvalue weighted by molar-refractivity contribution is 5.81. The summed E-state index contributed by atoms with van der Waals surface area (Å²) in [4.78, 5) is 22.0. The van der Waals surface area contributed by atoms with Crippen LogP contribution in [0.1, 0.15) is 18.4 Å². The highest BCUT2D eigenvalue weighted by Gasteiger charge is 2.31. The Labute approximate surface area is 130 Å². The van der Waals surface area contributed by atoms with Gasteiger partial charge in [0.2, 0.25) is 5.91 Å². The molecular formula is C14H17F3N2O4. The highest BCUT2D eigenvalue weighted by Crippen LogP contribution is 2.22. The minimum Gasteiger partial charge on any atom is -0.481 e. The van der Waals surface area contributed by atoms with E-state index in [4.69, 9.17) is 10.8 Å². The summed E-state index contributed by atoms with van der Waals surface area (Å²) in [5.74, 6) is -1.76. The number of carboxylic acid groups (broad SMARTS) is 1. The SMILES string of the molecule is N[C@@H](Cc1ccc(OC(F)(F)F)cc1)C(=O)NCCCC(=O)O. The molecule has 0 aliphatic carbocycles. The Bertz CT molecular complexity index is 532. The lowest BCUT2D eigenvalue weighted by Gasteiger charge is -2.13. The number of amides is 1. The number of carbonyl (C=O) groups excluding carboxylic acids is 1. The third-order valence-electron chi connectivity index (χ3n) is 2.82. The molecule has 0 heterocycles. The molecule has 1 amide bonds. The predicted molar refractivity (Wildman–Crippen MR) is 74.7 cm³/mol. The Kier molecular flexibility index (Phi) is 6.83. The van der Waals surface area contributed by atoms with Crippen molar-refractivity contribution in [1.82, 2.24) is 5.32 Å². The zero-order valence-electron chi connectivity index (χ0n) is 12.1. The molecule has 9 heteroatoms. The topological polar surface area (TPSA) is 102 Å². The average Bonchev–Trinajstić information content (AvgIpc) is 2.43. The van der Waals surface area contributed by atoms with E-state index in [0.717, 1.165) is 12.1 Å². The second-order valence-corrected chi connectivity index (χ2v) is 4.79. The van der Waals surface area contributed by atoms with Gasteiger partial charge in [0.1, 0.15) is 5.75 Å². The molecule has 1 aromatic rings. The zero-order chi connectivity index (χ0) is 17.5. The molecule has 0 saturated heterocycles. The van der Waals surface area contributed by atoms with Crippen molar-refractivity contribution in [1.29, 1.82) is 0 Å². The number of nitrogens with two attached hydrogens (primary N) is 1. The fourth-order valence-corrected chi connectivity index (χ4v) is 1.76. The first-order chi connectivity index (χ1) is 10.7. The summed E-state index contributed by atoms with van der Waals surface area (Å²) in [5.41, 5.74) is 6.27. The first-order valence-corrected chi connectivity index (χ1v) is 6.77. The maximum absolute atomic E-state index is 12.0. The van der Waals surface area contributed by atoms with Crippen molar-refractivity contribution in [3.05, 3.63) is 29.8 Å². The van der Waals surface area contributed by atoms with Gasteiger partial charge in [-0.1, -0.05) is 12.1 Å². The van der Waals surface area contributed by atoms with E-state index in [1.54, 1.807) is 0 Å². The lowest BCUT2D eigenvalue weighted by molar-refractivity contribution is -0.274. The molecule has 0 radical (unpaired) electrons. The third-order valence-corrected chi connectivity index (χ3v) is 2.82. The van der Waals surface area contributed by atoms with Gasteiger partial charge in [-0.3, -0.25) is 9.59 Å². The normalized spacial score (nSPS) is 12.5. The summed E-state index contributed by atoms with van der Waals surface area (Å²) in [6.45, 7) is 0.192. The van der Waals surface area contributed by atoms with Crippen molar-refractivity contribution in [2.24, 2.45) is 5.73 Å². The van der Waals surface area contributed by atoms with Crippen LogP contribution >= 0.6 is 0 Å². The van der Waals surface area contributed by atoms with Gasteiger partial charge in [-0.05, 0) is 30.5 Å². The number of benzene rings is 1. The van der Waals surface area contributed by atoms with Gasteiger partial charge in [-0.2, -0.15) is 0 Å². The van der Waals surface area contributed by atoms with E-state index < -0.39 is 24.3 Å². The number of rotatable bonds is 8. The van der Waals surface area contributed by atoms with Crippen LogP contribution in [0.3, 0.4) is 0 Å². The molecule has 23 heavy (non-hydrogen) atoms. The van der Waals surface area contributed by atoms with Crippen LogP contribution in [0.4, 0.5) is 13.2 Å². The molecule has 1 rings (SSSR count). The van der Waals surface area contributed by atoms with Gasteiger partial charge in [-0.15, -0.1) is 13.2 Å². The van der Waals surface area contributed by atoms with Crippen LogP contribution in [-0.2, 0) is 16.0 Å². The highest BCUT2D eigenvalue weighted by atomic mass is 19.4. The van der Waals surface area contributed by atoms with E-state index >= 15 is 0 Å². The summed E-state index contributed by atoms with van der Waals surface area (Å²) in [6, 6.07) is 4.17. The number of hydrogen-bond donors (Lipinski definition) is 3. The molecule has 0 spiro atoms. The lowest BCUT2D eigenvalue weighted by atomic mass is 10.1. The second-order valence-electron chi connectivity index (χ2n) is 4.79. The fourth-order valence-electron chi connectivity index (χ4n) is 1.76. The van der Waals surface area contributed by atoms with Gasteiger partial charge in [0.15, 0.2) is 0 Å². The van der Waals surface area contributed by atoms with Crippen LogP contribution in [0.2, 0.25) is 0 Å². The third kappa shape index (κ3) is 8.05. The van der Waals surface area contributed by atoms with Crippen molar-refractivity contribution >= 4 is 11.9 Å². The molecule has 1 aromatic carbocycles. The van der Waals surface area contributed by atoms with Crippen LogP contribution in [0.5, 0.6) is 5.75 Å². The van der Waals surface area contributed by atoms with Crippen molar-refractivity contribution in [3.63, 3.8) is 0 Å². The molecule has 6 nitrogen and oxygen atoms in total. The lowest BCUT2D eigenvalue weighted by Crippen LogP contribution is -2.42. The Morgan fingerprint density at radius 1 is 1.26 bits per heavy atom. The minimum atomic E-state index is -4.76. The maximum Gasteiger partial charge on any atom is 0.573 e. The summed E-state index contributed by atoms with van der Waals surface area (Å²) in [6.07, 6.45) is -4.39. The largest absolute Gasteiger partial charge is 0.573 e. The molecule has 0 aliphatic rings. The molecule has 0 saturated carbocycles. The van der Waals surface area contributed by atoms with Crippen molar-refractivity contribution in [3.8, 4) is 5.75 Å². The Morgan fingerprint density at radius 3 is 2.39 bits per heavy atom. The molecule has 1 atom stereocenters. The van der Waals surface area contributed by atoms with E-state index in [-0.39, 0.29) is 31.6 Å². The van der Waals surface area contributed by atoms with Crippen LogP contribution in [0.25, 0.3) is 0 Å². The van der Waals surface area contributed by atoms with Gasteiger partial charge >= 0.3 is 12.3 Å². The number of hydrogen-bond acceptors (Lipinski definition) is 4. The van der Waals surface area contributed by atoms with E-state index in [1.807, 2.05) is 0 Å². The van der Waals surface area contributed by atoms with Gasteiger partial charge < -0.3 is 20.9 Å². The molecule has 128 valence electrons. The van der Waals surface area contributed by atoms with Crippen LogP contribution in [0, 0.1) is 0 Å². The Hall–Kier alpha value is -2.29. The van der Waals surface area contributed by atoms with E-state index in [1.165, 1.54) is 12.1 Å². The van der Waals surface area contributed by atoms with Gasteiger partial charge in [0, 0.05) is 13.0 Å². The van der Waals surface area contributed by atoms with E-state index in [9.17, 15) is 22.8 Å². The Balaban J connectivity index is 2.42. The summed E-state index contributed by atoms with van der Waals surface area (Å²) in [5, 5.41) is 11.0. The Morgan fingerprint density at radius 2 is 1.87 bits per heavy atom. The van der Waals surface area contributed by atoms with Crippen LogP contribution in [0.15, 0.2) is 24.3 Å². The molecule has 0 aromatic heterocycles. The standard InChI is InChI=1S/C14H17F3N2O4/c15-14(16,17)23-10-5-3-9(4-6-10)8-11(18)13(22)19-7-1-2-12(20)21/h3-6,11H,1-2,7-8,18H2,(H,19,22)(H,20,21)/t11-/m0/s1. The molecule has 0 aliphatic heterocycles. The number of halogens is 3. The quantitative estimate of drug-likeness (QED) is 0.624. The fraction of sp³-hybridized carbons (Fsp3) is 0.429. The first-order valence-electron chi connectivity index (χ1n) is 6.77. The molecule has 0 bridgehead atoms. The van der Waals surface area contributed by atoms with Crippen LogP contribution < -0.4 is 15.8 Å². The van der Waals surface area contributed by atoms with Crippen molar-refractivity contribution in [2.75, 3.05) is 6.54 Å². The molecule has 4 N–H and O–H groups in total. The summed E-state index contributed by atoms with van der Waals surface area (Å²) < 4.78 is 39.8. The van der Waals surface area contributed by atoms with E-state index in [0.29, 0.717) is 5.56 Å². The number of ether oxygens (including phenoxy) is 1. The molecule has 0 fully saturated rings. The summed E-state index contributed by atoms with van der Waals surface area (Å²) in [7, 11) is 0. The number of alkyl halides is 3. The minimum absolute atomic E-state index is 0.0593. The van der Waals surface area contributed by atoms with E-state index in [2.05, 4.69) is 10.1 Å². The zero-order valence-corrected chi connectivity index (χ0v) is 12.1. The van der Waals surface area contributed by atoms with Gasteiger partial charge in [0.25, 0.3) is 0 Å². The van der Waals surface area contributed by atoms with Crippen molar-refractivity contribution in [2.45, 2.75) is 31.7 Å². The van der Waals surface area contributed by atoms with Gasteiger partial charge in [0.05, 0.1) is 6.04 Å². The van der Waals surface area contributed by atoms with Gasteiger partial charge in [-0.25, -0.2) is 0 Å².